The zero-order valence-corrected chi connectivity index (χ0v) is 29.3. The van der Waals surface area contributed by atoms with E-state index < -0.39 is 0 Å². The molecule has 9 aromatic rings. The molecule has 3 nitrogen and oxygen atoms in total. The van der Waals surface area contributed by atoms with Gasteiger partial charge in [0.25, 0.3) is 0 Å². The summed E-state index contributed by atoms with van der Waals surface area (Å²) in [5.41, 5.74) is 13.5. The maximum Gasteiger partial charge on any atom is 0.143 e. The lowest BCUT2D eigenvalue weighted by Crippen LogP contribution is -2.13. The van der Waals surface area contributed by atoms with Gasteiger partial charge >= 0.3 is 0 Å². The van der Waals surface area contributed by atoms with E-state index >= 15 is 0 Å². The van der Waals surface area contributed by atoms with Gasteiger partial charge in [-0.15, -0.1) is 0 Å². The van der Waals surface area contributed by atoms with Gasteiger partial charge in [0.2, 0.25) is 0 Å². The van der Waals surface area contributed by atoms with Crippen LogP contribution in [0.25, 0.3) is 43.5 Å². The van der Waals surface area contributed by atoms with Crippen molar-refractivity contribution in [3.63, 3.8) is 0 Å². The number of nitrogens with zero attached hydrogens (tertiary/aromatic N) is 2. The smallest absolute Gasteiger partial charge is 0.143 e. The van der Waals surface area contributed by atoms with Crippen molar-refractivity contribution in [2.45, 2.75) is 27.7 Å². The summed E-state index contributed by atoms with van der Waals surface area (Å²) < 4.78 is 7.03. The molecule has 0 spiro atoms. The molecule has 246 valence electrons. The number of hydrogen-bond donors (Lipinski definition) is 0. The van der Waals surface area contributed by atoms with Crippen molar-refractivity contribution in [2.24, 2.45) is 0 Å². The molecule has 0 bridgehead atoms. The molecule has 51 heavy (non-hydrogen) atoms. The van der Waals surface area contributed by atoms with Gasteiger partial charge in [0, 0.05) is 55.1 Å². The number of anilines is 6. The van der Waals surface area contributed by atoms with Crippen molar-refractivity contribution in [2.75, 3.05) is 9.80 Å². The number of fused-ring (bicyclic) bond motifs is 7. The number of hydrogen-bond acceptors (Lipinski definition) is 3. The first-order valence-electron chi connectivity index (χ1n) is 17.6. The highest BCUT2D eigenvalue weighted by Gasteiger charge is 2.25. The Hall–Kier alpha value is -6.32. The molecule has 0 radical (unpaired) electrons. The van der Waals surface area contributed by atoms with Crippen LogP contribution >= 0.6 is 0 Å². The lowest BCUT2D eigenvalue weighted by atomic mass is 9.98. The van der Waals surface area contributed by atoms with E-state index in [-0.39, 0.29) is 0 Å². The highest BCUT2D eigenvalue weighted by molar-refractivity contribution is 6.25. The van der Waals surface area contributed by atoms with Crippen LogP contribution in [0.2, 0.25) is 0 Å². The second kappa shape index (κ2) is 12.2. The molecule has 0 aliphatic rings. The monoisotopic (exact) mass is 658 g/mol. The van der Waals surface area contributed by atoms with Gasteiger partial charge in [0.05, 0.1) is 11.4 Å². The summed E-state index contributed by atoms with van der Waals surface area (Å²) in [6, 6.07) is 56.7. The Balaban J connectivity index is 1.42. The van der Waals surface area contributed by atoms with Crippen LogP contribution in [0.5, 0.6) is 0 Å². The van der Waals surface area contributed by atoms with Gasteiger partial charge < -0.3 is 14.2 Å². The molecule has 3 heteroatoms. The number of furan rings is 1. The van der Waals surface area contributed by atoms with Crippen molar-refractivity contribution in [3.8, 4) is 0 Å². The van der Waals surface area contributed by atoms with Crippen molar-refractivity contribution < 1.29 is 4.42 Å². The fraction of sp³-hybridized carbons (Fsp3) is 0.0833. The lowest BCUT2D eigenvalue weighted by Gasteiger charge is -2.30. The Labute approximate surface area is 298 Å². The number of benzene rings is 8. The third kappa shape index (κ3) is 4.96. The topological polar surface area (TPSA) is 19.6 Å². The minimum Gasteiger partial charge on any atom is -0.455 e. The van der Waals surface area contributed by atoms with Gasteiger partial charge in [0.1, 0.15) is 11.2 Å². The quantitative estimate of drug-likeness (QED) is 0.177. The first-order valence-corrected chi connectivity index (χ1v) is 17.6. The molecular formula is C48H38N2O. The fourth-order valence-corrected chi connectivity index (χ4v) is 7.79. The van der Waals surface area contributed by atoms with Gasteiger partial charge in [-0.05, 0) is 86.3 Å². The molecule has 0 N–H and O–H groups in total. The second-order valence-electron chi connectivity index (χ2n) is 13.6. The van der Waals surface area contributed by atoms with E-state index in [1.54, 1.807) is 0 Å². The summed E-state index contributed by atoms with van der Waals surface area (Å²) >= 11 is 0. The van der Waals surface area contributed by atoms with Crippen molar-refractivity contribution >= 4 is 77.6 Å². The Morgan fingerprint density at radius 1 is 0.294 bits per heavy atom. The SMILES string of the molecule is Cc1ccccc1N(c1ccccc1C)c1cc2c3cc(N(c4ccccc4C)c4ccccc4C)c4ccccc4c3oc2c2ccccc12. The first-order chi connectivity index (χ1) is 25.0. The third-order valence-corrected chi connectivity index (χ3v) is 10.3. The second-order valence-corrected chi connectivity index (χ2v) is 13.6. The van der Waals surface area contributed by atoms with E-state index in [0.717, 1.165) is 77.6 Å². The minimum atomic E-state index is 0.902. The average Bonchev–Trinajstić information content (AvgIpc) is 3.54. The minimum absolute atomic E-state index is 0.902. The van der Waals surface area contributed by atoms with Crippen molar-refractivity contribution in [1.29, 1.82) is 0 Å². The zero-order chi connectivity index (χ0) is 34.6. The van der Waals surface area contributed by atoms with Crippen LogP contribution < -0.4 is 9.80 Å². The average molecular weight is 659 g/mol. The summed E-state index contributed by atoms with van der Waals surface area (Å²) in [4.78, 5) is 4.86. The fourth-order valence-electron chi connectivity index (χ4n) is 7.79. The van der Waals surface area contributed by atoms with Crippen LogP contribution in [0.4, 0.5) is 34.1 Å². The maximum atomic E-state index is 7.03. The normalized spacial score (nSPS) is 11.5. The summed E-state index contributed by atoms with van der Waals surface area (Å²) in [5.74, 6) is 0. The van der Waals surface area contributed by atoms with Gasteiger partial charge in [-0.25, -0.2) is 0 Å². The molecule has 9 rings (SSSR count). The highest BCUT2D eigenvalue weighted by atomic mass is 16.3. The van der Waals surface area contributed by atoms with Gasteiger partial charge in [0.15, 0.2) is 0 Å². The first kappa shape index (κ1) is 30.7. The van der Waals surface area contributed by atoms with Crippen molar-refractivity contribution in [3.05, 3.63) is 180 Å². The van der Waals surface area contributed by atoms with E-state index in [2.05, 4.69) is 195 Å². The number of para-hydroxylation sites is 4. The van der Waals surface area contributed by atoms with E-state index in [1.807, 2.05) is 0 Å². The predicted molar refractivity (Wildman–Crippen MR) is 217 cm³/mol. The van der Waals surface area contributed by atoms with Crippen LogP contribution in [0, 0.1) is 27.7 Å². The summed E-state index contributed by atoms with van der Waals surface area (Å²) in [6.45, 7) is 8.77. The van der Waals surface area contributed by atoms with Crippen LogP contribution in [0.15, 0.2) is 162 Å². The third-order valence-electron chi connectivity index (χ3n) is 10.3. The molecule has 0 atom stereocenters. The molecule has 0 aliphatic heterocycles. The largest absolute Gasteiger partial charge is 0.455 e. The molecule has 0 saturated carbocycles. The van der Waals surface area contributed by atoms with Gasteiger partial charge in [-0.1, -0.05) is 121 Å². The van der Waals surface area contributed by atoms with Gasteiger partial charge in [-0.2, -0.15) is 0 Å². The van der Waals surface area contributed by atoms with Gasteiger partial charge in [-0.3, -0.25) is 0 Å². The summed E-state index contributed by atoms with van der Waals surface area (Å²) in [6.07, 6.45) is 0. The van der Waals surface area contributed by atoms with E-state index in [0.29, 0.717) is 0 Å². The Morgan fingerprint density at radius 3 is 0.882 bits per heavy atom. The van der Waals surface area contributed by atoms with E-state index in [9.17, 15) is 0 Å². The Morgan fingerprint density at radius 2 is 0.569 bits per heavy atom. The lowest BCUT2D eigenvalue weighted by molar-refractivity contribution is 0.676. The molecule has 0 amide bonds. The Bertz CT molecular complexity index is 2490. The summed E-state index contributed by atoms with van der Waals surface area (Å²) in [7, 11) is 0. The van der Waals surface area contributed by atoms with Crippen LogP contribution in [-0.4, -0.2) is 0 Å². The molecule has 0 fully saturated rings. The maximum absolute atomic E-state index is 7.03. The molecule has 8 aromatic carbocycles. The molecule has 0 unspecified atom stereocenters. The number of aryl methyl sites for hydroxylation is 4. The predicted octanol–water partition coefficient (Wildman–Crippen LogP) is 14.1. The standard InChI is InChI=1S/C48H38N2O/c1-31-17-5-13-25-41(31)49(42-26-14-6-18-32(42)2)45-29-39-40-30-46(50(43-27-15-7-19-33(43)3)44-28-16-8-20-34(44)4)36-22-10-12-24-38(36)48(40)51-47(39)37-23-11-9-21-35(37)45/h5-30H,1-4H3. The van der Waals surface area contributed by atoms with E-state index in [1.165, 1.54) is 22.3 Å². The molecule has 1 heterocycles. The molecule has 1 aromatic heterocycles. The number of rotatable bonds is 6. The molecule has 0 aliphatic carbocycles. The molecular weight excluding hydrogens is 621 g/mol. The molecule has 0 saturated heterocycles. The highest BCUT2D eigenvalue weighted by Crippen LogP contribution is 2.49. The Kier molecular flexibility index (Phi) is 7.36. The van der Waals surface area contributed by atoms with Crippen molar-refractivity contribution in [1.82, 2.24) is 0 Å². The van der Waals surface area contributed by atoms with Crippen LogP contribution in [-0.2, 0) is 0 Å². The van der Waals surface area contributed by atoms with Crippen LogP contribution in [0.1, 0.15) is 22.3 Å². The summed E-state index contributed by atoms with van der Waals surface area (Å²) in [5, 5.41) is 6.64. The zero-order valence-electron chi connectivity index (χ0n) is 29.3. The van der Waals surface area contributed by atoms with Crippen LogP contribution in [0.3, 0.4) is 0 Å². The van der Waals surface area contributed by atoms with E-state index in [4.69, 9.17) is 4.42 Å².